The highest BCUT2D eigenvalue weighted by atomic mass is 16.5. The number of rotatable bonds is 4. The average molecular weight is 321 g/mol. The van der Waals surface area contributed by atoms with Crippen molar-refractivity contribution in [2.24, 2.45) is 0 Å². The molecule has 0 aliphatic rings. The third-order valence-corrected chi connectivity index (χ3v) is 3.63. The first-order valence-corrected chi connectivity index (χ1v) is 7.14. The third kappa shape index (κ3) is 2.63. The van der Waals surface area contributed by atoms with Crippen LogP contribution in [0.5, 0.6) is 11.5 Å². The zero-order chi connectivity index (χ0) is 17.1. The lowest BCUT2D eigenvalue weighted by Crippen LogP contribution is -2.00. The van der Waals surface area contributed by atoms with Crippen LogP contribution in [0.15, 0.2) is 47.1 Å². The highest BCUT2D eigenvalue weighted by molar-refractivity contribution is 5.85. The van der Waals surface area contributed by atoms with Crippen molar-refractivity contribution in [3.05, 3.63) is 48.2 Å². The number of benzene rings is 1. The van der Waals surface area contributed by atoms with Gasteiger partial charge < -0.3 is 19.6 Å². The molecule has 3 rings (SSSR count). The quantitative estimate of drug-likeness (QED) is 0.790. The summed E-state index contributed by atoms with van der Waals surface area (Å²) in [6.45, 7) is 0. The van der Waals surface area contributed by atoms with Crippen molar-refractivity contribution in [3.63, 3.8) is 0 Å². The number of hydrogen-bond acceptors (Lipinski definition) is 6. The standard InChI is InChI=1S/C18H15N3O3/c1-22-12-5-6-13(16(9-12)23-2)14-8-11(10-19)18(20)21-17(14)15-4-3-7-24-15/h3-9H,1-2H3,(H2,20,21). The van der Waals surface area contributed by atoms with Crippen LogP contribution in [0.25, 0.3) is 22.6 Å². The number of furan rings is 1. The van der Waals surface area contributed by atoms with Crippen molar-refractivity contribution in [1.82, 2.24) is 4.98 Å². The molecule has 2 heterocycles. The maximum atomic E-state index is 9.28. The van der Waals surface area contributed by atoms with Gasteiger partial charge in [-0.2, -0.15) is 5.26 Å². The molecule has 0 atom stereocenters. The van der Waals surface area contributed by atoms with Crippen LogP contribution in [-0.4, -0.2) is 19.2 Å². The first-order valence-electron chi connectivity index (χ1n) is 7.14. The molecule has 0 saturated carbocycles. The lowest BCUT2D eigenvalue weighted by molar-refractivity contribution is 0.395. The molecule has 3 aromatic rings. The monoisotopic (exact) mass is 321 g/mol. The van der Waals surface area contributed by atoms with Gasteiger partial charge in [-0.3, -0.25) is 0 Å². The number of hydrogen-bond donors (Lipinski definition) is 1. The molecule has 0 saturated heterocycles. The summed E-state index contributed by atoms with van der Waals surface area (Å²) < 4.78 is 16.2. The fourth-order valence-electron chi connectivity index (χ4n) is 2.44. The molecule has 1 aromatic carbocycles. The minimum atomic E-state index is 0.153. The molecule has 0 spiro atoms. The Bertz CT molecular complexity index is 912. The summed E-state index contributed by atoms with van der Waals surface area (Å²) in [5, 5.41) is 9.28. The Balaban J connectivity index is 2.29. The van der Waals surface area contributed by atoms with E-state index in [4.69, 9.17) is 19.6 Å². The molecule has 6 heteroatoms. The predicted molar refractivity (Wildman–Crippen MR) is 89.6 cm³/mol. The Hall–Kier alpha value is -3.46. The number of anilines is 1. The van der Waals surface area contributed by atoms with E-state index in [0.29, 0.717) is 28.5 Å². The molecule has 0 amide bonds. The van der Waals surface area contributed by atoms with Crippen LogP contribution < -0.4 is 15.2 Å². The van der Waals surface area contributed by atoms with E-state index in [9.17, 15) is 5.26 Å². The van der Waals surface area contributed by atoms with Crippen molar-refractivity contribution >= 4 is 5.82 Å². The van der Waals surface area contributed by atoms with Crippen LogP contribution in [0.1, 0.15) is 5.56 Å². The first-order chi connectivity index (χ1) is 11.7. The summed E-state index contributed by atoms with van der Waals surface area (Å²) in [6, 6.07) is 12.7. The van der Waals surface area contributed by atoms with E-state index in [1.807, 2.05) is 12.1 Å². The summed E-state index contributed by atoms with van der Waals surface area (Å²) in [6.07, 6.45) is 1.56. The summed E-state index contributed by atoms with van der Waals surface area (Å²) in [4.78, 5) is 4.36. The van der Waals surface area contributed by atoms with Crippen molar-refractivity contribution in [1.29, 1.82) is 5.26 Å². The van der Waals surface area contributed by atoms with Crippen LogP contribution in [0, 0.1) is 11.3 Å². The molecule has 6 nitrogen and oxygen atoms in total. The van der Waals surface area contributed by atoms with Crippen LogP contribution in [0.4, 0.5) is 5.82 Å². The smallest absolute Gasteiger partial charge is 0.152 e. The second-order valence-corrected chi connectivity index (χ2v) is 4.97. The number of nitriles is 1. The summed E-state index contributed by atoms with van der Waals surface area (Å²) in [7, 11) is 3.15. The van der Waals surface area contributed by atoms with E-state index < -0.39 is 0 Å². The van der Waals surface area contributed by atoms with Gasteiger partial charge in [0.2, 0.25) is 0 Å². The minimum absolute atomic E-state index is 0.153. The molecule has 2 aromatic heterocycles. The number of ether oxygens (including phenoxy) is 2. The average Bonchev–Trinajstić information content (AvgIpc) is 3.15. The van der Waals surface area contributed by atoms with Gasteiger partial charge in [-0.05, 0) is 30.3 Å². The second kappa shape index (κ2) is 6.34. The van der Waals surface area contributed by atoms with E-state index in [1.54, 1.807) is 44.7 Å². The SMILES string of the molecule is COc1ccc(-c2cc(C#N)c(N)nc2-c2ccco2)c(OC)c1. The second-order valence-electron chi connectivity index (χ2n) is 4.97. The molecular weight excluding hydrogens is 306 g/mol. The maximum absolute atomic E-state index is 9.28. The molecule has 0 bridgehead atoms. The Morgan fingerprint density at radius 2 is 1.96 bits per heavy atom. The van der Waals surface area contributed by atoms with Gasteiger partial charge >= 0.3 is 0 Å². The third-order valence-electron chi connectivity index (χ3n) is 3.63. The molecule has 0 aliphatic heterocycles. The lowest BCUT2D eigenvalue weighted by atomic mass is 9.99. The molecule has 0 radical (unpaired) electrons. The molecule has 120 valence electrons. The van der Waals surface area contributed by atoms with Gasteiger partial charge in [0.25, 0.3) is 0 Å². The molecular formula is C18H15N3O3. The minimum Gasteiger partial charge on any atom is -0.497 e. The van der Waals surface area contributed by atoms with Crippen LogP contribution in [0.3, 0.4) is 0 Å². The Morgan fingerprint density at radius 3 is 2.58 bits per heavy atom. The largest absolute Gasteiger partial charge is 0.497 e. The number of aromatic nitrogens is 1. The zero-order valence-corrected chi connectivity index (χ0v) is 13.2. The van der Waals surface area contributed by atoms with Gasteiger partial charge in [0, 0.05) is 17.2 Å². The fourth-order valence-corrected chi connectivity index (χ4v) is 2.44. The molecule has 0 fully saturated rings. The van der Waals surface area contributed by atoms with E-state index in [-0.39, 0.29) is 11.4 Å². The van der Waals surface area contributed by atoms with Crippen LogP contribution in [0.2, 0.25) is 0 Å². The topological polar surface area (TPSA) is 94.3 Å². The normalized spacial score (nSPS) is 10.2. The van der Waals surface area contributed by atoms with E-state index in [1.165, 1.54) is 0 Å². The highest BCUT2D eigenvalue weighted by Crippen LogP contribution is 2.39. The van der Waals surface area contributed by atoms with Crippen LogP contribution in [-0.2, 0) is 0 Å². The molecule has 0 unspecified atom stereocenters. The van der Waals surface area contributed by atoms with Gasteiger partial charge in [-0.25, -0.2) is 4.98 Å². The van der Waals surface area contributed by atoms with E-state index in [0.717, 1.165) is 5.56 Å². The number of nitrogen functional groups attached to an aromatic ring is 1. The molecule has 24 heavy (non-hydrogen) atoms. The number of nitrogens with zero attached hydrogens (tertiary/aromatic N) is 2. The Morgan fingerprint density at radius 1 is 1.12 bits per heavy atom. The van der Waals surface area contributed by atoms with E-state index in [2.05, 4.69) is 11.1 Å². The van der Waals surface area contributed by atoms with Crippen molar-refractivity contribution < 1.29 is 13.9 Å². The lowest BCUT2D eigenvalue weighted by Gasteiger charge is -2.14. The van der Waals surface area contributed by atoms with Gasteiger partial charge in [-0.1, -0.05) is 0 Å². The first kappa shape index (κ1) is 15.4. The zero-order valence-electron chi connectivity index (χ0n) is 13.2. The number of nitrogens with two attached hydrogens (primary N) is 1. The van der Waals surface area contributed by atoms with Gasteiger partial charge in [0.05, 0.1) is 26.0 Å². The summed E-state index contributed by atoms with van der Waals surface area (Å²) in [5.41, 5.74) is 8.15. The molecule has 0 aliphatic carbocycles. The fraction of sp³-hybridized carbons (Fsp3) is 0.111. The number of pyridine rings is 1. The Labute approximate surface area is 139 Å². The van der Waals surface area contributed by atoms with Crippen LogP contribution >= 0.6 is 0 Å². The van der Waals surface area contributed by atoms with Crippen molar-refractivity contribution in [3.8, 4) is 40.1 Å². The summed E-state index contributed by atoms with van der Waals surface area (Å²) in [5.74, 6) is 1.97. The summed E-state index contributed by atoms with van der Waals surface area (Å²) >= 11 is 0. The highest BCUT2D eigenvalue weighted by Gasteiger charge is 2.18. The Kier molecular flexibility index (Phi) is 4.08. The number of methoxy groups -OCH3 is 2. The predicted octanol–water partition coefficient (Wildman–Crippen LogP) is 3.48. The van der Waals surface area contributed by atoms with Gasteiger partial charge in [0.15, 0.2) is 5.76 Å². The van der Waals surface area contributed by atoms with Gasteiger partial charge in [-0.15, -0.1) is 0 Å². The maximum Gasteiger partial charge on any atom is 0.152 e. The van der Waals surface area contributed by atoms with Crippen molar-refractivity contribution in [2.75, 3.05) is 20.0 Å². The van der Waals surface area contributed by atoms with Crippen molar-refractivity contribution in [2.45, 2.75) is 0 Å². The molecule has 2 N–H and O–H groups in total. The van der Waals surface area contributed by atoms with Gasteiger partial charge in [0.1, 0.15) is 29.1 Å². The van der Waals surface area contributed by atoms with E-state index >= 15 is 0 Å².